The molecule has 0 saturated heterocycles. The van der Waals surface area contributed by atoms with Gasteiger partial charge in [0.05, 0.1) is 18.1 Å². The summed E-state index contributed by atoms with van der Waals surface area (Å²) in [6.45, 7) is 8.71. The van der Waals surface area contributed by atoms with E-state index >= 15 is 0 Å². The first kappa shape index (κ1) is 29.7. The summed E-state index contributed by atoms with van der Waals surface area (Å²) in [4.78, 5) is 52.2. The molecule has 0 radical (unpaired) electrons. The lowest BCUT2D eigenvalue weighted by molar-refractivity contribution is -0.294. The highest BCUT2D eigenvalue weighted by Crippen LogP contribution is 2.76. The van der Waals surface area contributed by atoms with E-state index in [4.69, 9.17) is 14.2 Å². The first-order chi connectivity index (χ1) is 19.0. The molecule has 5 rings (SSSR count). The molecule has 0 bridgehead atoms. The minimum Gasteiger partial charge on any atom is -0.461 e. The van der Waals surface area contributed by atoms with E-state index in [2.05, 4.69) is 0 Å². The summed E-state index contributed by atoms with van der Waals surface area (Å²) in [5, 5.41) is 35.9. The van der Waals surface area contributed by atoms with Crippen LogP contribution in [0.1, 0.15) is 71.2 Å². The number of ether oxygens (including phenoxy) is 3. The summed E-state index contributed by atoms with van der Waals surface area (Å²) in [6.07, 6.45) is -3.68. The van der Waals surface area contributed by atoms with E-state index in [0.29, 0.717) is 0 Å². The van der Waals surface area contributed by atoms with Crippen molar-refractivity contribution in [3.63, 3.8) is 0 Å². The first-order valence-electron chi connectivity index (χ1n) is 14.2. The van der Waals surface area contributed by atoms with Crippen LogP contribution in [0.3, 0.4) is 0 Å². The molecule has 10 heteroatoms. The van der Waals surface area contributed by atoms with Crippen LogP contribution in [-0.4, -0.2) is 75.1 Å². The van der Waals surface area contributed by atoms with Crippen LogP contribution in [0.25, 0.3) is 0 Å². The van der Waals surface area contributed by atoms with Crippen LogP contribution in [0.2, 0.25) is 0 Å². The van der Waals surface area contributed by atoms with E-state index in [1.165, 1.54) is 13.8 Å². The largest absolute Gasteiger partial charge is 0.461 e. The number of aliphatic hydroxyl groups excluding tert-OH is 1. The van der Waals surface area contributed by atoms with Gasteiger partial charge in [-0.1, -0.05) is 45.9 Å². The molecule has 1 aromatic rings. The van der Waals surface area contributed by atoms with Gasteiger partial charge in [-0.3, -0.25) is 14.4 Å². The SMILES string of the molecule is CC(=O)O[C@@H]1[C@H]2[C@@H](OC(=O)c3ccccc3)[C@@H](C)C[C@]2(O)[C@H](OC(C)=O)[C@@]2(C)[C@@H]3CC(C)(C)C(=O)[C@]3(O)C[C@@]12CO. The highest BCUT2D eigenvalue weighted by atomic mass is 16.6. The van der Waals surface area contributed by atoms with Gasteiger partial charge >= 0.3 is 17.9 Å². The van der Waals surface area contributed by atoms with Crippen LogP contribution in [-0.2, 0) is 28.6 Å². The second-order valence-electron chi connectivity index (χ2n) is 13.6. The van der Waals surface area contributed by atoms with Crippen LogP contribution in [0.4, 0.5) is 0 Å². The number of ketones is 1. The van der Waals surface area contributed by atoms with Crippen molar-refractivity contribution in [2.24, 2.45) is 34.0 Å². The standard InChI is InChI=1S/C31H40O10/c1-16-12-30(37)21(22(16)41-24(35)19-10-8-7-9-11-19)23(39-17(2)33)29(15-32)14-31(38)20(13-27(4,5)25(31)36)28(29,6)26(30)40-18(3)34/h7-11,16,20-23,26,32,37-38H,12-15H2,1-6H3/t16-,20-,21+,22-,23+,26+,28+,29+,30+,31-/m0/s1. The maximum Gasteiger partial charge on any atom is 0.338 e. The Hall–Kier alpha value is -2.82. The number of hydrogen-bond acceptors (Lipinski definition) is 10. The molecule has 224 valence electrons. The number of Topliss-reactive ketones (excluding diaryl/α,β-unsaturated/α-hetero) is 1. The molecule has 1 aromatic carbocycles. The van der Waals surface area contributed by atoms with Crippen molar-refractivity contribution in [3.05, 3.63) is 35.9 Å². The molecule has 3 N–H and O–H groups in total. The Morgan fingerprint density at radius 1 is 0.951 bits per heavy atom. The number of carbonyl (C=O) groups is 4. The van der Waals surface area contributed by atoms with Gasteiger partial charge in [0.2, 0.25) is 0 Å². The highest BCUT2D eigenvalue weighted by molar-refractivity contribution is 5.95. The predicted octanol–water partition coefficient (Wildman–Crippen LogP) is 2.21. The number of aliphatic hydroxyl groups is 3. The Morgan fingerprint density at radius 2 is 1.56 bits per heavy atom. The first-order valence-corrected chi connectivity index (χ1v) is 14.2. The monoisotopic (exact) mass is 572 g/mol. The van der Waals surface area contributed by atoms with Gasteiger partial charge < -0.3 is 29.5 Å². The maximum absolute atomic E-state index is 13.7. The van der Waals surface area contributed by atoms with Gasteiger partial charge in [0, 0.05) is 36.0 Å². The van der Waals surface area contributed by atoms with E-state index in [9.17, 15) is 34.5 Å². The predicted molar refractivity (Wildman–Crippen MR) is 143 cm³/mol. The van der Waals surface area contributed by atoms with Crippen LogP contribution >= 0.6 is 0 Å². The number of hydrogen-bond donors (Lipinski definition) is 3. The van der Waals surface area contributed by atoms with Crippen molar-refractivity contribution in [1.82, 2.24) is 0 Å². The average Bonchev–Trinajstić information content (AvgIpc) is 3.34. The fourth-order valence-corrected chi connectivity index (χ4v) is 9.31. The van der Waals surface area contributed by atoms with Crippen molar-refractivity contribution in [2.75, 3.05) is 6.61 Å². The van der Waals surface area contributed by atoms with Crippen LogP contribution < -0.4 is 0 Å². The molecule has 0 aromatic heterocycles. The Kier molecular flexibility index (Phi) is 6.76. The zero-order valence-corrected chi connectivity index (χ0v) is 24.4. The van der Waals surface area contributed by atoms with Crippen molar-refractivity contribution < 1.29 is 48.7 Å². The lowest BCUT2D eigenvalue weighted by Gasteiger charge is -2.62. The molecular formula is C31H40O10. The molecule has 0 spiro atoms. The number of carbonyl (C=O) groups excluding carboxylic acids is 4. The van der Waals surface area contributed by atoms with E-state index < -0.39 is 93.8 Å². The second-order valence-corrected chi connectivity index (χ2v) is 13.6. The van der Waals surface area contributed by atoms with E-state index in [1.807, 2.05) is 0 Å². The van der Waals surface area contributed by atoms with Gasteiger partial charge in [0.25, 0.3) is 0 Å². The highest BCUT2D eigenvalue weighted by Gasteiger charge is 2.86. The van der Waals surface area contributed by atoms with Gasteiger partial charge in [-0.25, -0.2) is 4.79 Å². The molecule has 4 aliphatic carbocycles. The lowest BCUT2D eigenvalue weighted by Crippen LogP contribution is -2.74. The molecule has 4 fully saturated rings. The Balaban J connectivity index is 1.72. The summed E-state index contributed by atoms with van der Waals surface area (Å²) in [6, 6.07) is 8.31. The Bertz CT molecular complexity index is 1280. The van der Waals surface area contributed by atoms with Crippen molar-refractivity contribution in [1.29, 1.82) is 0 Å². The molecule has 4 saturated carbocycles. The van der Waals surface area contributed by atoms with Crippen LogP contribution in [0, 0.1) is 34.0 Å². The fourth-order valence-electron chi connectivity index (χ4n) is 9.31. The summed E-state index contributed by atoms with van der Waals surface area (Å²) < 4.78 is 17.9. The third kappa shape index (κ3) is 3.86. The number of benzene rings is 1. The van der Waals surface area contributed by atoms with Crippen molar-refractivity contribution >= 4 is 23.7 Å². The fraction of sp³-hybridized carbons (Fsp3) is 0.677. The Labute approximate surface area is 239 Å². The van der Waals surface area contributed by atoms with Crippen molar-refractivity contribution in [2.45, 2.75) is 90.3 Å². The third-order valence-electron chi connectivity index (χ3n) is 10.8. The second kappa shape index (κ2) is 9.34. The summed E-state index contributed by atoms with van der Waals surface area (Å²) in [5.74, 6) is -4.91. The van der Waals surface area contributed by atoms with Gasteiger partial charge in [0.1, 0.15) is 29.5 Å². The quantitative estimate of drug-likeness (QED) is 0.353. The normalized spacial score (nSPS) is 44.0. The molecule has 0 aliphatic heterocycles. The van der Waals surface area contributed by atoms with Crippen molar-refractivity contribution in [3.8, 4) is 0 Å². The minimum atomic E-state index is -1.94. The summed E-state index contributed by atoms with van der Waals surface area (Å²) >= 11 is 0. The minimum absolute atomic E-state index is 0.0136. The molecule has 10 nitrogen and oxygen atoms in total. The number of fused-ring (bicyclic) bond motifs is 4. The molecule has 0 unspecified atom stereocenters. The van der Waals surface area contributed by atoms with Gasteiger partial charge in [-0.05, 0) is 37.3 Å². The molecular weight excluding hydrogens is 532 g/mol. The van der Waals surface area contributed by atoms with Gasteiger partial charge in [0.15, 0.2) is 5.78 Å². The van der Waals surface area contributed by atoms with Gasteiger partial charge in [-0.2, -0.15) is 0 Å². The molecule has 0 heterocycles. The summed E-state index contributed by atoms with van der Waals surface area (Å²) in [7, 11) is 0. The van der Waals surface area contributed by atoms with Gasteiger partial charge in [-0.15, -0.1) is 0 Å². The van der Waals surface area contributed by atoms with E-state index in [-0.39, 0.29) is 24.8 Å². The molecule has 4 aliphatic rings. The average molecular weight is 573 g/mol. The molecule has 41 heavy (non-hydrogen) atoms. The smallest absolute Gasteiger partial charge is 0.338 e. The zero-order chi connectivity index (χ0) is 30.3. The maximum atomic E-state index is 13.7. The van der Waals surface area contributed by atoms with Crippen LogP contribution in [0.15, 0.2) is 30.3 Å². The molecule has 10 atom stereocenters. The molecule has 0 amide bonds. The number of rotatable bonds is 5. The third-order valence-corrected chi connectivity index (χ3v) is 10.8. The topological polar surface area (TPSA) is 157 Å². The van der Waals surface area contributed by atoms with Crippen LogP contribution in [0.5, 0.6) is 0 Å². The Morgan fingerprint density at radius 3 is 2.12 bits per heavy atom. The lowest BCUT2D eigenvalue weighted by atomic mass is 9.47. The van der Waals surface area contributed by atoms with E-state index in [1.54, 1.807) is 58.0 Å². The van der Waals surface area contributed by atoms with E-state index in [0.717, 1.165) is 0 Å². The number of esters is 3. The summed E-state index contributed by atoms with van der Waals surface area (Å²) in [5.41, 5.74) is -7.39. The zero-order valence-electron chi connectivity index (χ0n) is 24.4.